The van der Waals surface area contributed by atoms with Gasteiger partial charge in [-0.3, -0.25) is 0 Å². The summed E-state index contributed by atoms with van der Waals surface area (Å²) in [5, 5.41) is 0. The SMILES string of the molecule is COc1cc(COCc2ccc(Br)cc2)ccc1CN. The van der Waals surface area contributed by atoms with E-state index >= 15 is 0 Å². The van der Waals surface area contributed by atoms with Gasteiger partial charge in [0.15, 0.2) is 0 Å². The fourth-order valence-electron chi connectivity index (χ4n) is 1.91. The Morgan fingerprint density at radius 3 is 2.30 bits per heavy atom. The minimum Gasteiger partial charge on any atom is -0.496 e. The fourth-order valence-corrected chi connectivity index (χ4v) is 2.18. The van der Waals surface area contributed by atoms with E-state index < -0.39 is 0 Å². The molecule has 4 heteroatoms. The highest BCUT2D eigenvalue weighted by Crippen LogP contribution is 2.20. The first kappa shape index (κ1) is 15.0. The highest BCUT2D eigenvalue weighted by atomic mass is 79.9. The van der Waals surface area contributed by atoms with Gasteiger partial charge in [0.2, 0.25) is 0 Å². The highest BCUT2D eigenvalue weighted by molar-refractivity contribution is 9.10. The minimum absolute atomic E-state index is 0.475. The fraction of sp³-hybridized carbons (Fsp3) is 0.250. The van der Waals surface area contributed by atoms with Crippen molar-refractivity contribution in [1.82, 2.24) is 0 Å². The quantitative estimate of drug-likeness (QED) is 0.876. The molecule has 0 saturated heterocycles. The van der Waals surface area contributed by atoms with E-state index in [0.717, 1.165) is 26.9 Å². The van der Waals surface area contributed by atoms with E-state index in [1.165, 1.54) is 0 Å². The number of nitrogens with two attached hydrogens (primary N) is 1. The molecule has 2 rings (SSSR count). The van der Waals surface area contributed by atoms with E-state index in [-0.39, 0.29) is 0 Å². The van der Waals surface area contributed by atoms with Crippen LogP contribution in [0.1, 0.15) is 16.7 Å². The van der Waals surface area contributed by atoms with E-state index in [4.69, 9.17) is 15.2 Å². The maximum atomic E-state index is 5.72. The second-order valence-electron chi connectivity index (χ2n) is 4.47. The van der Waals surface area contributed by atoms with Crippen molar-refractivity contribution >= 4 is 15.9 Å². The van der Waals surface area contributed by atoms with Crippen molar-refractivity contribution in [3.05, 3.63) is 63.6 Å². The van der Waals surface area contributed by atoms with Gasteiger partial charge in [-0.05, 0) is 29.3 Å². The molecule has 0 atom stereocenters. The molecule has 0 fully saturated rings. The van der Waals surface area contributed by atoms with Crippen LogP contribution in [-0.2, 0) is 24.5 Å². The third kappa shape index (κ3) is 4.07. The molecule has 20 heavy (non-hydrogen) atoms. The molecule has 0 spiro atoms. The second-order valence-corrected chi connectivity index (χ2v) is 5.39. The maximum Gasteiger partial charge on any atom is 0.123 e. The van der Waals surface area contributed by atoms with Gasteiger partial charge in [0, 0.05) is 16.6 Å². The summed E-state index contributed by atoms with van der Waals surface area (Å²) in [5.41, 5.74) is 8.88. The molecule has 3 nitrogen and oxygen atoms in total. The average molecular weight is 336 g/mol. The number of hydrogen-bond donors (Lipinski definition) is 1. The molecular formula is C16H18BrNO2. The molecule has 0 radical (unpaired) electrons. The molecule has 0 bridgehead atoms. The third-order valence-corrected chi connectivity index (χ3v) is 3.55. The van der Waals surface area contributed by atoms with E-state index in [0.29, 0.717) is 19.8 Å². The third-order valence-electron chi connectivity index (χ3n) is 3.02. The molecule has 0 aliphatic rings. The summed E-state index contributed by atoms with van der Waals surface area (Å²) < 4.78 is 12.1. The van der Waals surface area contributed by atoms with E-state index in [9.17, 15) is 0 Å². The molecule has 0 unspecified atom stereocenters. The Bertz CT molecular complexity index is 555. The van der Waals surface area contributed by atoms with Crippen LogP contribution in [-0.4, -0.2) is 7.11 Å². The van der Waals surface area contributed by atoms with Crippen molar-refractivity contribution in [2.75, 3.05) is 7.11 Å². The first-order valence-electron chi connectivity index (χ1n) is 6.41. The molecule has 0 saturated carbocycles. The Kier molecular flexibility index (Phi) is 5.59. The first-order chi connectivity index (χ1) is 9.72. The molecule has 0 aromatic heterocycles. The van der Waals surface area contributed by atoms with Gasteiger partial charge in [0.05, 0.1) is 20.3 Å². The van der Waals surface area contributed by atoms with Crippen LogP contribution in [0.4, 0.5) is 0 Å². The van der Waals surface area contributed by atoms with Crippen LogP contribution in [0.2, 0.25) is 0 Å². The Labute approximate surface area is 127 Å². The van der Waals surface area contributed by atoms with Crippen molar-refractivity contribution in [3.8, 4) is 5.75 Å². The van der Waals surface area contributed by atoms with Crippen LogP contribution >= 0.6 is 15.9 Å². The zero-order chi connectivity index (χ0) is 14.4. The summed E-state index contributed by atoms with van der Waals surface area (Å²) in [5.74, 6) is 0.817. The lowest BCUT2D eigenvalue weighted by Crippen LogP contribution is -2.01. The smallest absolute Gasteiger partial charge is 0.123 e. The Morgan fingerprint density at radius 2 is 1.65 bits per heavy atom. The van der Waals surface area contributed by atoms with Gasteiger partial charge in [-0.25, -0.2) is 0 Å². The van der Waals surface area contributed by atoms with E-state index in [2.05, 4.69) is 15.9 Å². The van der Waals surface area contributed by atoms with Gasteiger partial charge in [-0.2, -0.15) is 0 Å². The molecule has 106 valence electrons. The molecular weight excluding hydrogens is 318 g/mol. The number of rotatable bonds is 6. The van der Waals surface area contributed by atoms with E-state index in [1.54, 1.807) is 7.11 Å². The summed E-state index contributed by atoms with van der Waals surface area (Å²) in [6.07, 6.45) is 0. The molecule has 0 heterocycles. The van der Waals surface area contributed by atoms with Gasteiger partial charge < -0.3 is 15.2 Å². The largest absolute Gasteiger partial charge is 0.496 e. The summed E-state index contributed by atoms with van der Waals surface area (Å²) >= 11 is 3.41. The number of benzene rings is 2. The zero-order valence-electron chi connectivity index (χ0n) is 11.4. The zero-order valence-corrected chi connectivity index (χ0v) is 13.0. The summed E-state index contributed by atoms with van der Waals surface area (Å²) in [7, 11) is 1.65. The molecule has 2 aromatic carbocycles. The Morgan fingerprint density at radius 1 is 1.00 bits per heavy atom. The Hall–Kier alpha value is -1.36. The highest BCUT2D eigenvalue weighted by Gasteiger charge is 2.03. The van der Waals surface area contributed by atoms with Crippen LogP contribution in [0.25, 0.3) is 0 Å². The molecule has 0 amide bonds. The predicted octanol–water partition coefficient (Wildman–Crippen LogP) is 3.63. The standard InChI is InChI=1S/C16H18BrNO2/c1-19-16-8-13(2-5-14(16)9-18)11-20-10-12-3-6-15(17)7-4-12/h2-8H,9-11,18H2,1H3. The van der Waals surface area contributed by atoms with Crippen molar-refractivity contribution in [3.63, 3.8) is 0 Å². The summed E-state index contributed by atoms with van der Waals surface area (Å²) in [6.45, 7) is 1.62. The lowest BCUT2D eigenvalue weighted by atomic mass is 10.1. The van der Waals surface area contributed by atoms with Crippen molar-refractivity contribution < 1.29 is 9.47 Å². The lowest BCUT2D eigenvalue weighted by Gasteiger charge is -2.10. The summed E-state index contributed by atoms with van der Waals surface area (Å²) in [6, 6.07) is 14.1. The molecule has 2 N–H and O–H groups in total. The summed E-state index contributed by atoms with van der Waals surface area (Å²) in [4.78, 5) is 0. The minimum atomic E-state index is 0.475. The van der Waals surface area contributed by atoms with Crippen LogP contribution < -0.4 is 10.5 Å². The van der Waals surface area contributed by atoms with Crippen molar-refractivity contribution in [2.24, 2.45) is 5.73 Å². The monoisotopic (exact) mass is 335 g/mol. The van der Waals surface area contributed by atoms with Crippen molar-refractivity contribution in [1.29, 1.82) is 0 Å². The number of hydrogen-bond acceptors (Lipinski definition) is 3. The van der Waals surface area contributed by atoms with E-state index in [1.807, 2.05) is 42.5 Å². The lowest BCUT2D eigenvalue weighted by molar-refractivity contribution is 0.107. The predicted molar refractivity (Wildman–Crippen MR) is 83.5 cm³/mol. The topological polar surface area (TPSA) is 44.5 Å². The molecule has 2 aromatic rings. The van der Waals surface area contributed by atoms with Gasteiger partial charge in [-0.1, -0.05) is 40.2 Å². The van der Waals surface area contributed by atoms with Gasteiger partial charge in [0.25, 0.3) is 0 Å². The molecule has 0 aliphatic heterocycles. The normalized spacial score (nSPS) is 10.6. The molecule has 0 aliphatic carbocycles. The number of halogens is 1. The number of ether oxygens (including phenoxy) is 2. The maximum absolute atomic E-state index is 5.72. The Balaban J connectivity index is 1.92. The van der Waals surface area contributed by atoms with Gasteiger partial charge >= 0.3 is 0 Å². The van der Waals surface area contributed by atoms with Crippen LogP contribution in [0.15, 0.2) is 46.9 Å². The first-order valence-corrected chi connectivity index (χ1v) is 7.20. The van der Waals surface area contributed by atoms with Gasteiger partial charge in [-0.15, -0.1) is 0 Å². The van der Waals surface area contributed by atoms with Crippen molar-refractivity contribution in [2.45, 2.75) is 19.8 Å². The van der Waals surface area contributed by atoms with Crippen LogP contribution in [0.3, 0.4) is 0 Å². The second kappa shape index (κ2) is 7.43. The number of methoxy groups -OCH3 is 1. The van der Waals surface area contributed by atoms with Crippen LogP contribution in [0, 0.1) is 0 Å². The van der Waals surface area contributed by atoms with Crippen LogP contribution in [0.5, 0.6) is 5.75 Å². The van der Waals surface area contributed by atoms with Gasteiger partial charge in [0.1, 0.15) is 5.75 Å². The average Bonchev–Trinajstić information content (AvgIpc) is 2.49.